The van der Waals surface area contributed by atoms with Gasteiger partial charge in [0.15, 0.2) is 0 Å². The van der Waals surface area contributed by atoms with Crippen molar-refractivity contribution in [1.82, 2.24) is 4.90 Å². The van der Waals surface area contributed by atoms with Crippen molar-refractivity contribution < 1.29 is 0 Å². The molecule has 0 spiro atoms. The SMILES string of the molecule is CC1CN(c2ccc(C(=N)N)c(Br)c2)CC1N(C)C. The number of hydrogen-bond donors (Lipinski definition) is 2. The third kappa shape index (κ3) is 2.92. The Hall–Kier alpha value is -1.07. The summed E-state index contributed by atoms with van der Waals surface area (Å²) in [5.74, 6) is 0.751. The highest BCUT2D eigenvalue weighted by Gasteiger charge is 2.31. The van der Waals surface area contributed by atoms with Crippen molar-refractivity contribution in [2.45, 2.75) is 13.0 Å². The Morgan fingerprint density at radius 1 is 1.42 bits per heavy atom. The first-order valence-corrected chi connectivity index (χ1v) is 7.24. The van der Waals surface area contributed by atoms with Gasteiger partial charge in [0.25, 0.3) is 0 Å². The van der Waals surface area contributed by atoms with Gasteiger partial charge >= 0.3 is 0 Å². The quantitative estimate of drug-likeness (QED) is 0.661. The molecule has 0 aromatic heterocycles. The molecule has 1 fully saturated rings. The number of rotatable bonds is 3. The lowest BCUT2D eigenvalue weighted by Gasteiger charge is -2.23. The molecule has 2 unspecified atom stereocenters. The van der Waals surface area contributed by atoms with E-state index in [9.17, 15) is 0 Å². The number of benzene rings is 1. The second-order valence-corrected chi connectivity index (χ2v) is 6.35. The molecular formula is C14H21BrN4. The standard InChI is InChI=1S/C14H21BrN4/c1-9-7-19(8-13(9)18(2)3)10-4-5-11(14(16)17)12(15)6-10/h4-6,9,13H,7-8H2,1-3H3,(H3,16,17). The number of nitrogen functional groups attached to an aromatic ring is 1. The average molecular weight is 325 g/mol. The molecule has 0 saturated carbocycles. The maximum absolute atomic E-state index is 7.50. The summed E-state index contributed by atoms with van der Waals surface area (Å²) in [5.41, 5.74) is 7.47. The number of anilines is 1. The van der Waals surface area contributed by atoms with Gasteiger partial charge in [-0.3, -0.25) is 5.41 Å². The van der Waals surface area contributed by atoms with Gasteiger partial charge in [0.05, 0.1) is 0 Å². The number of nitrogens with one attached hydrogen (secondary N) is 1. The van der Waals surface area contributed by atoms with E-state index in [1.54, 1.807) is 0 Å². The van der Waals surface area contributed by atoms with Crippen LogP contribution in [0.3, 0.4) is 0 Å². The van der Waals surface area contributed by atoms with Gasteiger partial charge in [0, 0.05) is 34.9 Å². The molecule has 1 aromatic rings. The maximum atomic E-state index is 7.50. The lowest BCUT2D eigenvalue weighted by Crippen LogP contribution is -2.34. The summed E-state index contributed by atoms with van der Waals surface area (Å²) in [5, 5.41) is 7.50. The van der Waals surface area contributed by atoms with Crippen LogP contribution in [-0.4, -0.2) is 44.0 Å². The van der Waals surface area contributed by atoms with Crippen LogP contribution in [0.4, 0.5) is 5.69 Å². The van der Waals surface area contributed by atoms with Gasteiger partial charge in [-0.1, -0.05) is 6.92 Å². The predicted molar refractivity (Wildman–Crippen MR) is 84.0 cm³/mol. The van der Waals surface area contributed by atoms with E-state index in [1.165, 1.54) is 5.69 Å². The number of amidine groups is 1. The van der Waals surface area contributed by atoms with Crippen LogP contribution in [0.5, 0.6) is 0 Å². The minimum Gasteiger partial charge on any atom is -0.384 e. The average Bonchev–Trinajstić information content (AvgIpc) is 2.70. The molecule has 0 bridgehead atoms. The summed E-state index contributed by atoms with van der Waals surface area (Å²) >= 11 is 3.50. The van der Waals surface area contributed by atoms with Crippen LogP contribution in [0, 0.1) is 11.3 Å². The molecule has 104 valence electrons. The second-order valence-electron chi connectivity index (χ2n) is 5.49. The van der Waals surface area contributed by atoms with Crippen LogP contribution in [0.1, 0.15) is 12.5 Å². The molecule has 0 aliphatic carbocycles. The molecular weight excluding hydrogens is 304 g/mol. The highest BCUT2D eigenvalue weighted by molar-refractivity contribution is 9.10. The highest BCUT2D eigenvalue weighted by atomic mass is 79.9. The van der Waals surface area contributed by atoms with Crippen molar-refractivity contribution in [3.05, 3.63) is 28.2 Å². The van der Waals surface area contributed by atoms with Crippen LogP contribution in [0.25, 0.3) is 0 Å². The topological polar surface area (TPSA) is 56.4 Å². The first-order chi connectivity index (χ1) is 8.90. The molecule has 5 heteroatoms. The van der Waals surface area contributed by atoms with Crippen LogP contribution in [-0.2, 0) is 0 Å². The van der Waals surface area contributed by atoms with E-state index in [-0.39, 0.29) is 5.84 Å². The normalized spacial score (nSPS) is 23.1. The molecule has 1 aromatic carbocycles. The van der Waals surface area contributed by atoms with Crippen LogP contribution >= 0.6 is 15.9 Å². The number of likely N-dealkylation sites (N-methyl/N-ethyl adjacent to an activating group) is 1. The molecule has 1 saturated heterocycles. The molecule has 1 aliphatic rings. The van der Waals surface area contributed by atoms with Crippen LogP contribution < -0.4 is 10.6 Å². The first-order valence-electron chi connectivity index (χ1n) is 6.45. The molecule has 1 aliphatic heterocycles. The molecule has 1 heterocycles. The van der Waals surface area contributed by atoms with E-state index in [0.29, 0.717) is 12.0 Å². The Morgan fingerprint density at radius 3 is 2.58 bits per heavy atom. The Kier molecular flexibility index (Phi) is 4.16. The van der Waals surface area contributed by atoms with Crippen molar-refractivity contribution in [3.8, 4) is 0 Å². The van der Waals surface area contributed by atoms with E-state index in [0.717, 1.165) is 23.1 Å². The van der Waals surface area contributed by atoms with Crippen LogP contribution in [0.2, 0.25) is 0 Å². The van der Waals surface area contributed by atoms with Gasteiger partial charge in [-0.2, -0.15) is 0 Å². The molecule has 3 N–H and O–H groups in total. The number of nitrogens with zero attached hydrogens (tertiary/aromatic N) is 2. The zero-order valence-electron chi connectivity index (χ0n) is 11.7. The predicted octanol–water partition coefficient (Wildman–Crippen LogP) is 2.12. The lowest BCUT2D eigenvalue weighted by molar-refractivity contribution is 0.266. The van der Waals surface area contributed by atoms with Crippen LogP contribution in [0.15, 0.2) is 22.7 Å². The van der Waals surface area contributed by atoms with Gasteiger partial charge < -0.3 is 15.5 Å². The monoisotopic (exact) mass is 324 g/mol. The summed E-state index contributed by atoms with van der Waals surface area (Å²) in [6.07, 6.45) is 0. The zero-order chi connectivity index (χ0) is 14.2. The Balaban J connectivity index is 2.20. The number of hydrogen-bond acceptors (Lipinski definition) is 3. The van der Waals surface area contributed by atoms with Crippen molar-refractivity contribution in [1.29, 1.82) is 5.41 Å². The van der Waals surface area contributed by atoms with E-state index < -0.39 is 0 Å². The molecule has 2 atom stereocenters. The summed E-state index contributed by atoms with van der Waals surface area (Å²) in [4.78, 5) is 4.69. The lowest BCUT2D eigenvalue weighted by atomic mass is 10.1. The summed E-state index contributed by atoms with van der Waals surface area (Å²) in [7, 11) is 4.28. The first kappa shape index (κ1) is 14.3. The maximum Gasteiger partial charge on any atom is 0.123 e. The van der Waals surface area contributed by atoms with Crippen molar-refractivity contribution in [2.75, 3.05) is 32.1 Å². The van der Waals surface area contributed by atoms with E-state index in [1.807, 2.05) is 12.1 Å². The van der Waals surface area contributed by atoms with E-state index in [4.69, 9.17) is 11.1 Å². The fourth-order valence-electron chi connectivity index (χ4n) is 2.75. The van der Waals surface area contributed by atoms with Crippen molar-refractivity contribution in [3.63, 3.8) is 0 Å². The number of nitrogens with two attached hydrogens (primary N) is 1. The molecule has 2 rings (SSSR count). The summed E-state index contributed by atoms with van der Waals surface area (Å²) in [6, 6.07) is 6.61. The Morgan fingerprint density at radius 2 is 2.11 bits per heavy atom. The fraction of sp³-hybridized carbons (Fsp3) is 0.500. The third-order valence-electron chi connectivity index (χ3n) is 3.84. The van der Waals surface area contributed by atoms with Gasteiger partial charge in [0.2, 0.25) is 0 Å². The summed E-state index contributed by atoms with van der Waals surface area (Å²) in [6.45, 7) is 4.40. The Labute approximate surface area is 123 Å². The van der Waals surface area contributed by atoms with Crippen molar-refractivity contribution >= 4 is 27.5 Å². The molecule has 19 heavy (non-hydrogen) atoms. The fourth-order valence-corrected chi connectivity index (χ4v) is 3.33. The molecule has 0 amide bonds. The van der Waals surface area contributed by atoms with Crippen molar-refractivity contribution in [2.24, 2.45) is 11.7 Å². The van der Waals surface area contributed by atoms with Gasteiger partial charge in [-0.05, 0) is 54.1 Å². The number of halogens is 1. The zero-order valence-corrected chi connectivity index (χ0v) is 13.2. The summed E-state index contributed by atoms with van der Waals surface area (Å²) < 4.78 is 0.887. The molecule has 0 radical (unpaired) electrons. The second kappa shape index (κ2) is 5.51. The third-order valence-corrected chi connectivity index (χ3v) is 4.50. The van der Waals surface area contributed by atoms with E-state index >= 15 is 0 Å². The highest BCUT2D eigenvalue weighted by Crippen LogP contribution is 2.29. The smallest absolute Gasteiger partial charge is 0.123 e. The largest absolute Gasteiger partial charge is 0.384 e. The Bertz CT molecular complexity index is 486. The van der Waals surface area contributed by atoms with E-state index in [2.05, 4.69) is 52.8 Å². The minimum atomic E-state index is 0.0967. The van der Waals surface area contributed by atoms with Gasteiger partial charge in [-0.25, -0.2) is 0 Å². The van der Waals surface area contributed by atoms with Gasteiger partial charge in [-0.15, -0.1) is 0 Å². The van der Waals surface area contributed by atoms with Gasteiger partial charge in [0.1, 0.15) is 5.84 Å². The molecule has 4 nitrogen and oxygen atoms in total. The minimum absolute atomic E-state index is 0.0967.